The van der Waals surface area contributed by atoms with Gasteiger partial charge < -0.3 is 9.47 Å². The molecule has 0 spiro atoms. The molecule has 1 atom stereocenters. The Kier molecular flexibility index (Phi) is 7.15. The highest BCUT2D eigenvalue weighted by atomic mass is 19.1. The maximum absolute atomic E-state index is 13.1. The summed E-state index contributed by atoms with van der Waals surface area (Å²) in [6.45, 7) is 7.39. The molecule has 4 nitrogen and oxygen atoms in total. The minimum absolute atomic E-state index is 0.159. The van der Waals surface area contributed by atoms with E-state index < -0.39 is 0 Å². The van der Waals surface area contributed by atoms with Gasteiger partial charge in [-0.05, 0) is 81.1 Å². The van der Waals surface area contributed by atoms with E-state index in [1.54, 1.807) is 12.1 Å². The van der Waals surface area contributed by atoms with Crippen molar-refractivity contribution in [3.05, 3.63) is 83.7 Å². The molecular formula is C26H33FN4. The molecule has 4 rings (SSSR count). The van der Waals surface area contributed by atoms with Crippen LogP contribution in [-0.4, -0.2) is 52.6 Å². The molecule has 164 valence electrons. The molecule has 3 aromatic rings. The normalized spacial score (nSPS) is 17.4. The Morgan fingerprint density at radius 3 is 2.81 bits per heavy atom. The standard InChI is InChI=1S/C26H33FN4/c1-21-5-3-7-25(17-21)31-16-13-28-26(31)20-29(2)18-23-6-4-14-30(19-23)15-12-22-8-10-24(27)11-9-22/h3,5,7-11,13,16-17,23H,4,6,12,14-15,18-20H2,1-2H3. The SMILES string of the molecule is Cc1cccc(-n2ccnc2CN(C)CC2CCCN(CCc3ccc(F)cc3)C2)c1. The molecule has 0 aliphatic carbocycles. The van der Waals surface area contributed by atoms with E-state index in [9.17, 15) is 4.39 Å². The van der Waals surface area contributed by atoms with Crippen molar-refractivity contribution in [1.82, 2.24) is 19.4 Å². The third-order valence-corrected chi connectivity index (χ3v) is 6.21. The number of likely N-dealkylation sites (tertiary alicyclic amines) is 1. The zero-order valence-electron chi connectivity index (χ0n) is 18.7. The first-order chi connectivity index (χ1) is 15.1. The summed E-state index contributed by atoms with van der Waals surface area (Å²) < 4.78 is 15.3. The zero-order valence-corrected chi connectivity index (χ0v) is 18.7. The van der Waals surface area contributed by atoms with Crippen LogP contribution in [0.25, 0.3) is 5.69 Å². The molecule has 2 aromatic carbocycles. The third kappa shape index (κ3) is 6.02. The van der Waals surface area contributed by atoms with Crippen molar-refractivity contribution >= 4 is 0 Å². The maximum Gasteiger partial charge on any atom is 0.127 e. The average Bonchev–Trinajstić information content (AvgIpc) is 3.21. The van der Waals surface area contributed by atoms with Crippen LogP contribution in [0.4, 0.5) is 4.39 Å². The van der Waals surface area contributed by atoms with Gasteiger partial charge in [0.05, 0.1) is 6.54 Å². The lowest BCUT2D eigenvalue weighted by atomic mass is 9.97. The van der Waals surface area contributed by atoms with Gasteiger partial charge in [-0.25, -0.2) is 9.37 Å². The van der Waals surface area contributed by atoms with Crippen LogP contribution in [0.1, 0.15) is 29.8 Å². The van der Waals surface area contributed by atoms with Crippen molar-refractivity contribution in [2.75, 3.05) is 33.2 Å². The summed E-state index contributed by atoms with van der Waals surface area (Å²) in [5.41, 5.74) is 3.64. The Hall–Kier alpha value is -2.50. The highest BCUT2D eigenvalue weighted by Gasteiger charge is 2.21. The molecule has 31 heavy (non-hydrogen) atoms. The van der Waals surface area contributed by atoms with Gasteiger partial charge in [-0.3, -0.25) is 4.90 Å². The Balaban J connectivity index is 1.29. The third-order valence-electron chi connectivity index (χ3n) is 6.21. The van der Waals surface area contributed by atoms with E-state index in [0.29, 0.717) is 5.92 Å². The summed E-state index contributed by atoms with van der Waals surface area (Å²) in [5, 5.41) is 0. The number of nitrogens with zero attached hydrogens (tertiary/aromatic N) is 4. The Morgan fingerprint density at radius 1 is 1.16 bits per heavy atom. The molecule has 0 saturated carbocycles. The van der Waals surface area contributed by atoms with Crippen LogP contribution >= 0.6 is 0 Å². The van der Waals surface area contributed by atoms with Crippen LogP contribution < -0.4 is 0 Å². The van der Waals surface area contributed by atoms with Crippen LogP contribution in [0.5, 0.6) is 0 Å². The molecule has 0 N–H and O–H groups in total. The number of benzene rings is 2. The molecule has 1 saturated heterocycles. The molecule has 1 aliphatic heterocycles. The van der Waals surface area contributed by atoms with Gasteiger partial charge in [-0.2, -0.15) is 0 Å². The minimum Gasteiger partial charge on any atom is -0.303 e. The van der Waals surface area contributed by atoms with Gasteiger partial charge in [0.2, 0.25) is 0 Å². The van der Waals surface area contributed by atoms with E-state index in [-0.39, 0.29) is 5.82 Å². The van der Waals surface area contributed by atoms with Gasteiger partial charge in [0.15, 0.2) is 0 Å². The fourth-order valence-corrected chi connectivity index (χ4v) is 4.65. The second-order valence-corrected chi connectivity index (χ2v) is 8.93. The molecule has 1 aromatic heterocycles. The average molecular weight is 421 g/mol. The largest absolute Gasteiger partial charge is 0.303 e. The smallest absolute Gasteiger partial charge is 0.127 e. The molecule has 0 bridgehead atoms. The van der Waals surface area contributed by atoms with Crippen molar-refractivity contribution in [3.8, 4) is 5.69 Å². The van der Waals surface area contributed by atoms with Crippen LogP contribution in [0, 0.1) is 18.7 Å². The zero-order chi connectivity index (χ0) is 21.6. The molecule has 5 heteroatoms. The maximum atomic E-state index is 13.1. The van der Waals surface area contributed by atoms with Gasteiger partial charge >= 0.3 is 0 Å². The van der Waals surface area contributed by atoms with Gasteiger partial charge in [0, 0.05) is 37.7 Å². The lowest BCUT2D eigenvalue weighted by Crippen LogP contribution is -2.41. The minimum atomic E-state index is -0.159. The van der Waals surface area contributed by atoms with E-state index in [1.807, 2.05) is 18.3 Å². The predicted molar refractivity (Wildman–Crippen MR) is 124 cm³/mol. The van der Waals surface area contributed by atoms with Gasteiger partial charge in [0.25, 0.3) is 0 Å². The second kappa shape index (κ2) is 10.2. The summed E-state index contributed by atoms with van der Waals surface area (Å²) in [6, 6.07) is 15.5. The van der Waals surface area contributed by atoms with E-state index in [0.717, 1.165) is 38.4 Å². The second-order valence-electron chi connectivity index (χ2n) is 8.93. The highest BCUT2D eigenvalue weighted by molar-refractivity contribution is 5.36. The molecule has 2 heterocycles. The quantitative estimate of drug-likeness (QED) is 0.528. The molecule has 0 radical (unpaired) electrons. The lowest BCUT2D eigenvalue weighted by Gasteiger charge is -2.34. The van der Waals surface area contributed by atoms with E-state index >= 15 is 0 Å². The van der Waals surface area contributed by atoms with E-state index in [1.165, 1.54) is 36.2 Å². The number of rotatable bonds is 8. The molecule has 1 fully saturated rings. The number of halogens is 1. The van der Waals surface area contributed by atoms with Crippen LogP contribution in [0.2, 0.25) is 0 Å². The van der Waals surface area contributed by atoms with Crippen molar-refractivity contribution in [1.29, 1.82) is 0 Å². The fraction of sp³-hybridized carbons (Fsp3) is 0.423. The highest BCUT2D eigenvalue weighted by Crippen LogP contribution is 2.19. The predicted octanol–water partition coefficient (Wildman–Crippen LogP) is 4.71. The monoisotopic (exact) mass is 420 g/mol. The van der Waals surface area contributed by atoms with Crippen molar-refractivity contribution < 1.29 is 4.39 Å². The molecular weight excluding hydrogens is 387 g/mol. The van der Waals surface area contributed by atoms with E-state index in [4.69, 9.17) is 0 Å². The van der Waals surface area contributed by atoms with Crippen LogP contribution in [0.15, 0.2) is 60.9 Å². The number of hydrogen-bond donors (Lipinski definition) is 0. The molecule has 0 amide bonds. The van der Waals surface area contributed by atoms with Gasteiger partial charge in [-0.1, -0.05) is 24.3 Å². The summed E-state index contributed by atoms with van der Waals surface area (Å²) in [5.74, 6) is 1.60. The van der Waals surface area contributed by atoms with Gasteiger partial charge in [-0.15, -0.1) is 0 Å². The fourth-order valence-electron chi connectivity index (χ4n) is 4.65. The van der Waals surface area contributed by atoms with Gasteiger partial charge in [0.1, 0.15) is 11.6 Å². The first-order valence-corrected chi connectivity index (χ1v) is 11.3. The van der Waals surface area contributed by atoms with Crippen molar-refractivity contribution in [2.24, 2.45) is 5.92 Å². The number of hydrogen-bond acceptors (Lipinski definition) is 3. The van der Waals surface area contributed by atoms with E-state index in [2.05, 4.69) is 63.8 Å². The number of aromatic nitrogens is 2. The summed E-state index contributed by atoms with van der Waals surface area (Å²) in [4.78, 5) is 9.60. The Bertz CT molecular complexity index is 966. The number of piperidine rings is 1. The first kappa shape index (κ1) is 21.7. The lowest BCUT2D eigenvalue weighted by molar-refractivity contribution is 0.141. The van der Waals surface area contributed by atoms with Crippen LogP contribution in [0.3, 0.4) is 0 Å². The number of aryl methyl sites for hydroxylation is 1. The molecule has 1 unspecified atom stereocenters. The molecule has 1 aliphatic rings. The Morgan fingerprint density at radius 2 is 2.00 bits per heavy atom. The van der Waals surface area contributed by atoms with Crippen molar-refractivity contribution in [3.63, 3.8) is 0 Å². The van der Waals surface area contributed by atoms with Crippen molar-refractivity contribution in [2.45, 2.75) is 32.7 Å². The first-order valence-electron chi connectivity index (χ1n) is 11.3. The number of imidazole rings is 1. The summed E-state index contributed by atoms with van der Waals surface area (Å²) in [6.07, 6.45) is 7.46. The summed E-state index contributed by atoms with van der Waals surface area (Å²) >= 11 is 0. The Labute approximate surface area is 185 Å². The summed E-state index contributed by atoms with van der Waals surface area (Å²) in [7, 11) is 2.20. The topological polar surface area (TPSA) is 24.3 Å². The van der Waals surface area contributed by atoms with Crippen LogP contribution in [-0.2, 0) is 13.0 Å².